The molecule has 4 heterocycles. The van der Waals surface area contributed by atoms with Crippen molar-refractivity contribution in [3.63, 3.8) is 0 Å². The smallest absolute Gasteiger partial charge is 0.301 e. The molecule has 1 saturated heterocycles. The average Bonchev–Trinajstić information content (AvgIpc) is 3.56. The highest BCUT2D eigenvalue weighted by Crippen LogP contribution is 2.45. The number of aliphatic hydroxyl groups is 1. The van der Waals surface area contributed by atoms with E-state index < -0.39 is 17.7 Å². The Labute approximate surface area is 223 Å². The number of pyridine rings is 1. The van der Waals surface area contributed by atoms with Gasteiger partial charge < -0.3 is 14.6 Å². The first-order valence-corrected chi connectivity index (χ1v) is 13.0. The molecule has 10 nitrogen and oxygen atoms in total. The molecule has 11 heteroatoms. The zero-order valence-electron chi connectivity index (χ0n) is 21.5. The minimum absolute atomic E-state index is 0.0710. The lowest BCUT2D eigenvalue weighted by Crippen LogP contribution is -2.29. The second-order valence-electron chi connectivity index (χ2n) is 8.86. The Bertz CT molecular complexity index is 1570. The fourth-order valence-electron chi connectivity index (χ4n) is 4.56. The maximum absolute atomic E-state index is 13.5. The fraction of sp³-hybridized carbons (Fsp3) is 0.296. The van der Waals surface area contributed by atoms with Gasteiger partial charge in [0.2, 0.25) is 5.13 Å². The van der Waals surface area contributed by atoms with Gasteiger partial charge in [-0.25, -0.2) is 4.98 Å². The van der Waals surface area contributed by atoms with Gasteiger partial charge in [0, 0.05) is 6.20 Å². The molecule has 38 heavy (non-hydrogen) atoms. The van der Waals surface area contributed by atoms with E-state index in [4.69, 9.17) is 9.47 Å². The number of Topliss-reactive ketones (excluding diaryl/α,β-unsaturated/α-hetero) is 1. The van der Waals surface area contributed by atoms with Crippen LogP contribution in [-0.2, 0) is 9.59 Å². The molecule has 0 spiro atoms. The van der Waals surface area contributed by atoms with Gasteiger partial charge in [-0.05, 0) is 50.1 Å². The third-order valence-electron chi connectivity index (χ3n) is 6.35. The first-order chi connectivity index (χ1) is 18.3. The molecule has 1 fully saturated rings. The monoisotopic (exact) mass is 533 g/mol. The number of ketones is 1. The van der Waals surface area contributed by atoms with Crippen molar-refractivity contribution in [3.05, 3.63) is 70.1 Å². The number of fused-ring (bicyclic) bond motifs is 1. The summed E-state index contributed by atoms with van der Waals surface area (Å²) in [6, 6.07) is 9.67. The van der Waals surface area contributed by atoms with Crippen LogP contribution < -0.4 is 14.4 Å². The lowest BCUT2D eigenvalue weighted by Gasteiger charge is -2.23. The number of hydrogen-bond acceptors (Lipinski definition) is 9. The number of nitrogens with zero attached hydrogens (tertiary/aromatic N) is 5. The molecule has 1 atom stereocenters. The predicted octanol–water partition coefficient (Wildman–Crippen LogP) is 4.62. The standard InChI is InChI=1S/C27H27N5O5S/c1-5-6-13-37-18-11-10-17(14-19(18)36-4)23-21(25(34)26(35)32(23)27-30-29-16(3)38-27)24(33)22-15(2)28-20-9-7-8-12-31(20)22/h7-12,14,23,33H,5-6,13H2,1-4H3. The lowest BCUT2D eigenvalue weighted by molar-refractivity contribution is -0.132. The van der Waals surface area contributed by atoms with E-state index in [2.05, 4.69) is 22.1 Å². The van der Waals surface area contributed by atoms with Gasteiger partial charge in [0.15, 0.2) is 17.3 Å². The summed E-state index contributed by atoms with van der Waals surface area (Å²) in [7, 11) is 1.53. The Morgan fingerprint density at radius 2 is 1.95 bits per heavy atom. The minimum atomic E-state index is -0.977. The van der Waals surface area contributed by atoms with Crippen LogP contribution in [0.25, 0.3) is 11.4 Å². The molecule has 196 valence electrons. The first kappa shape index (κ1) is 25.4. The predicted molar refractivity (Wildman–Crippen MR) is 143 cm³/mol. The summed E-state index contributed by atoms with van der Waals surface area (Å²) >= 11 is 1.19. The summed E-state index contributed by atoms with van der Waals surface area (Å²) in [6.45, 7) is 6.11. The van der Waals surface area contributed by atoms with Crippen molar-refractivity contribution in [2.75, 3.05) is 18.6 Å². The van der Waals surface area contributed by atoms with E-state index in [1.54, 1.807) is 54.8 Å². The largest absolute Gasteiger partial charge is 0.505 e. The average molecular weight is 534 g/mol. The third-order valence-corrected chi connectivity index (χ3v) is 7.19. The number of benzene rings is 1. The molecule has 5 rings (SSSR count). The van der Waals surface area contributed by atoms with E-state index in [1.165, 1.54) is 23.3 Å². The van der Waals surface area contributed by atoms with Crippen molar-refractivity contribution in [2.24, 2.45) is 0 Å². The van der Waals surface area contributed by atoms with Crippen molar-refractivity contribution in [2.45, 2.75) is 39.7 Å². The van der Waals surface area contributed by atoms with Gasteiger partial charge in [0.25, 0.3) is 5.78 Å². The number of hydrogen-bond donors (Lipinski definition) is 1. The van der Waals surface area contributed by atoms with Gasteiger partial charge >= 0.3 is 5.91 Å². The summed E-state index contributed by atoms with van der Waals surface area (Å²) < 4.78 is 13.2. The third kappa shape index (κ3) is 4.28. The van der Waals surface area contributed by atoms with Gasteiger partial charge in [0.05, 0.1) is 31.0 Å². The number of anilines is 1. The second kappa shape index (κ2) is 10.3. The SMILES string of the molecule is CCCCOc1ccc(C2C(=C(O)c3c(C)nc4ccccn34)C(=O)C(=O)N2c2nnc(C)s2)cc1OC. The maximum atomic E-state index is 13.5. The zero-order chi connectivity index (χ0) is 27.0. The number of methoxy groups -OCH3 is 1. The number of carbonyl (C=O) groups is 2. The van der Waals surface area contributed by atoms with Gasteiger partial charge in [-0.3, -0.25) is 18.9 Å². The van der Waals surface area contributed by atoms with Crippen LogP contribution in [0.3, 0.4) is 0 Å². The van der Waals surface area contributed by atoms with Gasteiger partial charge in [-0.15, -0.1) is 10.2 Å². The van der Waals surface area contributed by atoms with Crippen LogP contribution in [0.15, 0.2) is 48.2 Å². The van der Waals surface area contributed by atoms with Crippen LogP contribution in [0.4, 0.5) is 5.13 Å². The topological polar surface area (TPSA) is 119 Å². The Morgan fingerprint density at radius 3 is 2.66 bits per heavy atom. The minimum Gasteiger partial charge on any atom is -0.505 e. The van der Waals surface area contributed by atoms with Crippen molar-refractivity contribution in [1.29, 1.82) is 0 Å². The van der Waals surface area contributed by atoms with E-state index in [-0.39, 0.29) is 16.5 Å². The molecular formula is C27H27N5O5S. The molecule has 3 aromatic heterocycles. The Hall–Kier alpha value is -4.25. The van der Waals surface area contributed by atoms with E-state index in [9.17, 15) is 14.7 Å². The summed E-state index contributed by atoms with van der Waals surface area (Å²) in [6.07, 6.45) is 3.62. The number of ether oxygens (including phenoxy) is 2. The molecule has 4 aromatic rings. The Kier molecular flexibility index (Phi) is 6.85. The molecule has 0 bridgehead atoms. The highest BCUT2D eigenvalue weighted by molar-refractivity contribution is 7.15. The van der Waals surface area contributed by atoms with E-state index >= 15 is 0 Å². The normalized spacial score (nSPS) is 16.9. The van der Waals surface area contributed by atoms with Crippen LogP contribution in [0.5, 0.6) is 11.5 Å². The van der Waals surface area contributed by atoms with Crippen LogP contribution in [-0.4, -0.2) is 50.1 Å². The second-order valence-corrected chi connectivity index (χ2v) is 10.0. The molecule has 1 amide bonds. The fourth-order valence-corrected chi connectivity index (χ4v) is 5.27. The van der Waals surface area contributed by atoms with E-state index in [1.807, 2.05) is 6.07 Å². The van der Waals surface area contributed by atoms with E-state index in [0.29, 0.717) is 45.7 Å². The molecule has 1 aliphatic heterocycles. The maximum Gasteiger partial charge on any atom is 0.301 e. The molecule has 0 aliphatic carbocycles. The lowest BCUT2D eigenvalue weighted by atomic mass is 9.96. The number of aliphatic hydroxyl groups excluding tert-OH is 1. The Balaban J connectivity index is 1.71. The van der Waals surface area contributed by atoms with Crippen LogP contribution in [0.2, 0.25) is 0 Å². The molecule has 0 saturated carbocycles. The molecule has 1 unspecified atom stereocenters. The number of imidazole rings is 1. The first-order valence-electron chi connectivity index (χ1n) is 12.2. The number of unbranched alkanes of at least 4 members (excludes halogenated alkanes) is 1. The van der Waals surface area contributed by atoms with Gasteiger partial charge in [-0.2, -0.15) is 0 Å². The Morgan fingerprint density at radius 1 is 1.13 bits per heavy atom. The summed E-state index contributed by atoms with van der Waals surface area (Å²) in [5.41, 5.74) is 1.93. The molecule has 1 N–H and O–H groups in total. The van der Waals surface area contributed by atoms with Gasteiger partial charge in [0.1, 0.15) is 16.3 Å². The molecule has 1 aromatic carbocycles. The van der Waals surface area contributed by atoms with Gasteiger partial charge in [-0.1, -0.05) is 36.8 Å². The van der Waals surface area contributed by atoms with E-state index in [0.717, 1.165) is 12.8 Å². The van der Waals surface area contributed by atoms with Crippen LogP contribution in [0.1, 0.15) is 47.8 Å². The number of carbonyl (C=O) groups excluding carboxylic acids is 2. The summed E-state index contributed by atoms with van der Waals surface area (Å²) in [5.74, 6) is -0.959. The number of aryl methyl sites for hydroxylation is 2. The van der Waals surface area contributed by atoms with Crippen molar-refractivity contribution >= 4 is 39.6 Å². The summed E-state index contributed by atoms with van der Waals surface area (Å²) in [4.78, 5) is 32.7. The van der Waals surface area contributed by atoms with Crippen LogP contribution in [0, 0.1) is 13.8 Å². The molecular weight excluding hydrogens is 506 g/mol. The number of rotatable bonds is 8. The summed E-state index contributed by atoms with van der Waals surface area (Å²) in [5, 5.41) is 20.7. The number of aromatic nitrogens is 4. The van der Waals surface area contributed by atoms with Crippen molar-refractivity contribution < 1.29 is 24.2 Å². The number of amides is 1. The molecule has 1 aliphatic rings. The highest BCUT2D eigenvalue weighted by Gasteiger charge is 2.49. The van der Waals surface area contributed by atoms with Crippen molar-refractivity contribution in [1.82, 2.24) is 19.6 Å². The van der Waals surface area contributed by atoms with Crippen molar-refractivity contribution in [3.8, 4) is 11.5 Å². The zero-order valence-corrected chi connectivity index (χ0v) is 22.3. The quantitative estimate of drug-likeness (QED) is 0.151. The van der Waals surface area contributed by atoms with Crippen LogP contribution >= 0.6 is 11.3 Å². The highest BCUT2D eigenvalue weighted by atomic mass is 32.1. The molecule has 0 radical (unpaired) electrons.